The molecule has 8 heteroatoms. The number of benzene rings is 1. The summed E-state index contributed by atoms with van der Waals surface area (Å²) < 4.78 is 32.7. The highest BCUT2D eigenvalue weighted by Gasteiger charge is 2.29. The smallest absolute Gasteiger partial charge is 0.244 e. The molecule has 29 heavy (non-hydrogen) atoms. The fraction of sp³-hybridized carbons (Fsp3) is 0.381. The Balaban J connectivity index is 1.55. The van der Waals surface area contributed by atoms with Gasteiger partial charge in [-0.05, 0) is 31.5 Å². The van der Waals surface area contributed by atoms with E-state index in [-0.39, 0.29) is 10.9 Å². The molecular formula is C21H27N5O2S. The zero-order chi connectivity index (χ0) is 20.6. The summed E-state index contributed by atoms with van der Waals surface area (Å²) in [7, 11) is -1.87. The standard InChI is InChI=1S/C21H27N5O2S/c1-16-21(17(2)24(3)23-16)29(27,28)22-12-20-15-25-11-7-10-19(25)14-26(20)13-18-8-5-4-6-9-18/h4-11,20,22H,12-15H2,1-3H3. The van der Waals surface area contributed by atoms with Crippen LogP contribution in [0.15, 0.2) is 53.6 Å². The molecule has 2 aromatic heterocycles. The summed E-state index contributed by atoms with van der Waals surface area (Å²) >= 11 is 0. The summed E-state index contributed by atoms with van der Waals surface area (Å²) in [6, 6.07) is 14.5. The van der Waals surface area contributed by atoms with Gasteiger partial charge in [0.25, 0.3) is 0 Å². The Kier molecular flexibility index (Phi) is 5.33. The van der Waals surface area contributed by atoms with Crippen molar-refractivity contribution in [2.24, 2.45) is 7.05 Å². The van der Waals surface area contributed by atoms with Crippen molar-refractivity contribution in [1.82, 2.24) is 24.0 Å². The van der Waals surface area contributed by atoms with Gasteiger partial charge in [-0.2, -0.15) is 5.10 Å². The molecule has 0 aliphatic carbocycles. The highest BCUT2D eigenvalue weighted by atomic mass is 32.2. The first-order chi connectivity index (χ1) is 13.8. The SMILES string of the molecule is Cc1nn(C)c(C)c1S(=O)(=O)NCC1Cn2cccc2CN1Cc1ccccc1. The third-order valence-corrected chi connectivity index (χ3v) is 7.34. The third-order valence-electron chi connectivity index (χ3n) is 5.66. The van der Waals surface area contributed by atoms with Crippen molar-refractivity contribution in [2.75, 3.05) is 6.54 Å². The van der Waals surface area contributed by atoms with Crippen molar-refractivity contribution in [3.8, 4) is 0 Å². The lowest BCUT2D eigenvalue weighted by Gasteiger charge is -2.37. The molecule has 154 valence electrons. The van der Waals surface area contributed by atoms with E-state index in [1.807, 2.05) is 24.3 Å². The van der Waals surface area contributed by atoms with Crippen molar-refractivity contribution < 1.29 is 8.42 Å². The molecule has 1 aliphatic heterocycles. The van der Waals surface area contributed by atoms with Crippen LogP contribution in [0.3, 0.4) is 0 Å². The summed E-state index contributed by atoms with van der Waals surface area (Å²) in [6.45, 7) is 6.19. The first-order valence-corrected chi connectivity index (χ1v) is 11.3. The number of hydrogen-bond acceptors (Lipinski definition) is 4. The molecular weight excluding hydrogens is 386 g/mol. The second-order valence-corrected chi connectivity index (χ2v) is 9.38. The van der Waals surface area contributed by atoms with Gasteiger partial charge in [-0.25, -0.2) is 13.1 Å². The minimum atomic E-state index is -3.63. The first-order valence-electron chi connectivity index (χ1n) is 9.77. The van der Waals surface area contributed by atoms with E-state index in [0.717, 1.165) is 19.6 Å². The Labute approximate surface area is 172 Å². The lowest BCUT2D eigenvalue weighted by Crippen LogP contribution is -2.48. The molecule has 0 spiro atoms. The molecule has 7 nitrogen and oxygen atoms in total. The maximum atomic E-state index is 13.0. The minimum absolute atomic E-state index is 0.0576. The van der Waals surface area contributed by atoms with E-state index >= 15 is 0 Å². The van der Waals surface area contributed by atoms with Gasteiger partial charge in [0.2, 0.25) is 10.0 Å². The van der Waals surface area contributed by atoms with E-state index in [1.54, 1.807) is 25.6 Å². The molecule has 0 fully saturated rings. The maximum absolute atomic E-state index is 13.0. The van der Waals surface area contributed by atoms with Crippen LogP contribution < -0.4 is 4.72 Å². The number of rotatable bonds is 6. The largest absolute Gasteiger partial charge is 0.349 e. The van der Waals surface area contributed by atoms with Crippen LogP contribution in [0, 0.1) is 13.8 Å². The molecule has 0 saturated carbocycles. The molecule has 0 saturated heterocycles. The van der Waals surface area contributed by atoms with Crippen LogP contribution in [-0.4, -0.2) is 40.3 Å². The van der Waals surface area contributed by atoms with Crippen LogP contribution in [0.1, 0.15) is 22.6 Å². The average molecular weight is 414 g/mol. The van der Waals surface area contributed by atoms with Gasteiger partial charge in [-0.1, -0.05) is 30.3 Å². The first kappa shape index (κ1) is 19.9. The van der Waals surface area contributed by atoms with Crippen LogP contribution in [-0.2, 0) is 36.7 Å². The number of nitrogens with zero attached hydrogens (tertiary/aromatic N) is 4. The van der Waals surface area contributed by atoms with Gasteiger partial charge in [0.15, 0.2) is 0 Å². The van der Waals surface area contributed by atoms with Gasteiger partial charge in [-0.3, -0.25) is 9.58 Å². The normalized spacial score (nSPS) is 17.4. The van der Waals surface area contributed by atoms with E-state index in [0.29, 0.717) is 17.9 Å². The molecule has 4 rings (SSSR count). The molecule has 1 N–H and O–H groups in total. The number of fused-ring (bicyclic) bond motifs is 1. The lowest BCUT2D eigenvalue weighted by atomic mass is 10.1. The molecule has 1 aliphatic rings. The van der Waals surface area contributed by atoms with Crippen molar-refractivity contribution in [3.05, 3.63) is 71.3 Å². The molecule has 3 aromatic rings. The average Bonchev–Trinajstić information content (AvgIpc) is 3.24. The van der Waals surface area contributed by atoms with Gasteiger partial charge in [0, 0.05) is 51.2 Å². The van der Waals surface area contributed by atoms with Gasteiger partial charge in [0.1, 0.15) is 4.90 Å². The number of hydrogen-bond donors (Lipinski definition) is 1. The topological polar surface area (TPSA) is 72.2 Å². The van der Waals surface area contributed by atoms with E-state index in [1.165, 1.54) is 11.3 Å². The van der Waals surface area contributed by atoms with Crippen LogP contribution in [0.25, 0.3) is 0 Å². The van der Waals surface area contributed by atoms with Gasteiger partial charge in [-0.15, -0.1) is 0 Å². The number of nitrogens with one attached hydrogen (secondary N) is 1. The number of sulfonamides is 1. The molecule has 0 amide bonds. The summed E-state index contributed by atoms with van der Waals surface area (Å²) in [6.07, 6.45) is 2.06. The Bertz CT molecular complexity index is 1100. The van der Waals surface area contributed by atoms with Crippen LogP contribution in [0.2, 0.25) is 0 Å². The summed E-state index contributed by atoms with van der Waals surface area (Å²) in [5.41, 5.74) is 3.64. The Hall–Kier alpha value is -2.42. The fourth-order valence-electron chi connectivity index (χ4n) is 4.07. The summed E-state index contributed by atoms with van der Waals surface area (Å²) in [5, 5.41) is 4.25. The second-order valence-electron chi connectivity index (χ2n) is 7.67. The van der Waals surface area contributed by atoms with Crippen LogP contribution >= 0.6 is 0 Å². The molecule has 1 atom stereocenters. The molecule has 1 unspecified atom stereocenters. The van der Waals surface area contributed by atoms with Crippen LogP contribution in [0.5, 0.6) is 0 Å². The highest BCUT2D eigenvalue weighted by molar-refractivity contribution is 7.89. The quantitative estimate of drug-likeness (QED) is 0.673. The van der Waals surface area contributed by atoms with E-state index in [9.17, 15) is 8.42 Å². The lowest BCUT2D eigenvalue weighted by molar-refractivity contribution is 0.133. The Morgan fingerprint density at radius 3 is 2.59 bits per heavy atom. The van der Waals surface area contributed by atoms with Crippen molar-refractivity contribution in [3.63, 3.8) is 0 Å². The Morgan fingerprint density at radius 2 is 1.90 bits per heavy atom. The highest BCUT2D eigenvalue weighted by Crippen LogP contribution is 2.22. The van der Waals surface area contributed by atoms with Gasteiger partial charge >= 0.3 is 0 Å². The van der Waals surface area contributed by atoms with Crippen molar-refractivity contribution in [1.29, 1.82) is 0 Å². The zero-order valence-electron chi connectivity index (χ0n) is 17.0. The monoisotopic (exact) mass is 413 g/mol. The third kappa shape index (κ3) is 4.01. The molecule has 3 heterocycles. The van der Waals surface area contributed by atoms with Crippen molar-refractivity contribution in [2.45, 2.75) is 44.4 Å². The fourth-order valence-corrected chi connectivity index (χ4v) is 5.58. The molecule has 0 radical (unpaired) electrons. The Morgan fingerprint density at radius 1 is 1.14 bits per heavy atom. The van der Waals surface area contributed by atoms with Gasteiger partial charge < -0.3 is 4.57 Å². The maximum Gasteiger partial charge on any atom is 0.244 e. The van der Waals surface area contributed by atoms with Gasteiger partial charge in [0.05, 0.1) is 11.4 Å². The van der Waals surface area contributed by atoms with E-state index < -0.39 is 10.0 Å². The number of aryl methyl sites for hydroxylation is 2. The van der Waals surface area contributed by atoms with E-state index in [2.05, 4.69) is 43.7 Å². The predicted octanol–water partition coefficient (Wildman–Crippen LogP) is 2.20. The molecule has 1 aromatic carbocycles. The summed E-state index contributed by atoms with van der Waals surface area (Å²) in [4.78, 5) is 2.63. The minimum Gasteiger partial charge on any atom is -0.349 e. The zero-order valence-corrected chi connectivity index (χ0v) is 17.9. The molecule has 0 bridgehead atoms. The summed E-state index contributed by atoms with van der Waals surface area (Å²) in [5.74, 6) is 0. The van der Waals surface area contributed by atoms with Crippen LogP contribution in [0.4, 0.5) is 0 Å². The number of aromatic nitrogens is 3. The predicted molar refractivity (Wildman–Crippen MR) is 112 cm³/mol. The van der Waals surface area contributed by atoms with E-state index in [4.69, 9.17) is 0 Å². The second kappa shape index (κ2) is 7.78. The van der Waals surface area contributed by atoms with Crippen molar-refractivity contribution >= 4 is 10.0 Å².